The third-order valence-corrected chi connectivity index (χ3v) is 4.47. The molecule has 0 radical (unpaired) electrons. The fourth-order valence-corrected chi connectivity index (χ4v) is 3.15. The van der Waals surface area contributed by atoms with Crippen molar-refractivity contribution in [1.29, 1.82) is 0 Å². The first kappa shape index (κ1) is 15.1. The number of nitrogens with zero attached hydrogens (tertiary/aromatic N) is 1. The number of methoxy groups -OCH3 is 1. The summed E-state index contributed by atoms with van der Waals surface area (Å²) in [7, 11) is 1.68. The monoisotopic (exact) mass is 301 g/mol. The summed E-state index contributed by atoms with van der Waals surface area (Å²) in [6.45, 7) is 2.87. The van der Waals surface area contributed by atoms with E-state index in [4.69, 9.17) is 9.47 Å². The maximum atomic E-state index is 12.5. The molecule has 1 unspecified atom stereocenters. The van der Waals surface area contributed by atoms with E-state index in [1.165, 1.54) is 11.1 Å². The van der Waals surface area contributed by atoms with E-state index in [-0.39, 0.29) is 11.8 Å². The van der Waals surface area contributed by atoms with Crippen LogP contribution in [0.3, 0.4) is 0 Å². The minimum Gasteiger partial charge on any atom is -0.497 e. The molecule has 2 aliphatic heterocycles. The van der Waals surface area contributed by atoms with E-state index in [1.54, 1.807) is 7.11 Å². The Bertz CT molecular complexity index is 561. The zero-order valence-electron chi connectivity index (χ0n) is 13.1. The Morgan fingerprint density at radius 1 is 1.41 bits per heavy atom. The van der Waals surface area contributed by atoms with Crippen LogP contribution in [0.2, 0.25) is 0 Å². The van der Waals surface area contributed by atoms with E-state index in [1.807, 2.05) is 17.0 Å². The van der Waals surface area contributed by atoms with Crippen LogP contribution in [0.15, 0.2) is 30.3 Å². The first-order valence-electron chi connectivity index (χ1n) is 7.98. The second kappa shape index (κ2) is 6.97. The second-order valence-electron chi connectivity index (χ2n) is 5.91. The minimum absolute atomic E-state index is 0.0560. The van der Waals surface area contributed by atoms with E-state index in [0.717, 1.165) is 38.2 Å². The lowest BCUT2D eigenvalue weighted by molar-refractivity contribution is -0.139. The van der Waals surface area contributed by atoms with Crippen molar-refractivity contribution in [1.82, 2.24) is 4.90 Å². The zero-order chi connectivity index (χ0) is 15.4. The number of amides is 1. The second-order valence-corrected chi connectivity index (χ2v) is 5.91. The van der Waals surface area contributed by atoms with E-state index in [2.05, 4.69) is 18.2 Å². The molecular weight excluding hydrogens is 278 g/mol. The molecule has 2 heterocycles. The smallest absolute Gasteiger partial charge is 0.228 e. The molecule has 1 aromatic rings. The highest BCUT2D eigenvalue weighted by Crippen LogP contribution is 2.26. The van der Waals surface area contributed by atoms with Gasteiger partial charge in [-0.1, -0.05) is 18.2 Å². The zero-order valence-corrected chi connectivity index (χ0v) is 13.1. The van der Waals surface area contributed by atoms with Crippen molar-refractivity contribution in [2.24, 2.45) is 5.92 Å². The highest BCUT2D eigenvalue weighted by Gasteiger charge is 2.27. The lowest BCUT2D eigenvalue weighted by atomic mass is 9.96. The summed E-state index contributed by atoms with van der Waals surface area (Å²) >= 11 is 0. The normalized spacial score (nSPS) is 22.1. The predicted octanol–water partition coefficient (Wildman–Crippen LogP) is 2.74. The molecule has 1 fully saturated rings. The summed E-state index contributed by atoms with van der Waals surface area (Å²) in [6, 6.07) is 8.11. The molecule has 1 amide bonds. The van der Waals surface area contributed by atoms with Crippen molar-refractivity contribution in [2.75, 3.05) is 33.4 Å². The van der Waals surface area contributed by atoms with Gasteiger partial charge >= 0.3 is 0 Å². The van der Waals surface area contributed by atoms with Crippen molar-refractivity contribution in [2.45, 2.75) is 19.3 Å². The molecule has 0 spiro atoms. The summed E-state index contributed by atoms with van der Waals surface area (Å²) in [5, 5.41) is 0. The Kier molecular flexibility index (Phi) is 4.78. The summed E-state index contributed by atoms with van der Waals surface area (Å²) in [5.74, 6) is 1.18. The summed E-state index contributed by atoms with van der Waals surface area (Å²) in [5.41, 5.74) is 2.48. The summed E-state index contributed by atoms with van der Waals surface area (Å²) in [4.78, 5) is 14.5. The molecule has 0 aromatic heterocycles. The average molecular weight is 301 g/mol. The van der Waals surface area contributed by atoms with Gasteiger partial charge in [-0.25, -0.2) is 0 Å². The lowest BCUT2D eigenvalue weighted by Crippen LogP contribution is -2.41. The van der Waals surface area contributed by atoms with Gasteiger partial charge in [0.1, 0.15) is 5.75 Å². The standard InChI is InChI=1S/C18H23NO3/c1-21-17-6-2-4-15(12-17)14-7-9-19(10-8-14)18(20)16-5-3-11-22-13-16/h2,4,6-7,12,16H,3,5,8-11,13H2,1H3. The molecule has 22 heavy (non-hydrogen) atoms. The molecular formula is C18H23NO3. The topological polar surface area (TPSA) is 38.8 Å². The van der Waals surface area contributed by atoms with Crippen molar-refractivity contribution >= 4 is 11.5 Å². The predicted molar refractivity (Wildman–Crippen MR) is 85.7 cm³/mol. The molecule has 0 bridgehead atoms. The number of carbonyl (C=O) groups excluding carboxylic acids is 1. The van der Waals surface area contributed by atoms with Crippen LogP contribution in [0.1, 0.15) is 24.8 Å². The van der Waals surface area contributed by atoms with Gasteiger partial charge in [-0.15, -0.1) is 0 Å². The van der Waals surface area contributed by atoms with Crippen LogP contribution in [-0.4, -0.2) is 44.2 Å². The van der Waals surface area contributed by atoms with Gasteiger partial charge in [-0.05, 0) is 42.5 Å². The van der Waals surface area contributed by atoms with Gasteiger partial charge in [0, 0.05) is 19.7 Å². The minimum atomic E-state index is 0.0560. The number of carbonyl (C=O) groups is 1. The average Bonchev–Trinajstić information content (AvgIpc) is 2.62. The molecule has 1 saturated heterocycles. The maximum absolute atomic E-state index is 12.5. The summed E-state index contributed by atoms with van der Waals surface area (Å²) in [6.07, 6.45) is 5.02. The van der Waals surface area contributed by atoms with Gasteiger partial charge in [0.2, 0.25) is 5.91 Å². The largest absolute Gasteiger partial charge is 0.497 e. The van der Waals surface area contributed by atoms with Gasteiger partial charge in [0.25, 0.3) is 0 Å². The van der Waals surface area contributed by atoms with Crippen LogP contribution in [0, 0.1) is 5.92 Å². The fourth-order valence-electron chi connectivity index (χ4n) is 3.15. The molecule has 1 atom stereocenters. The fraction of sp³-hybridized carbons (Fsp3) is 0.500. The third-order valence-electron chi connectivity index (χ3n) is 4.47. The van der Waals surface area contributed by atoms with Crippen LogP contribution < -0.4 is 4.74 Å². The van der Waals surface area contributed by atoms with Crippen molar-refractivity contribution in [3.8, 4) is 5.75 Å². The van der Waals surface area contributed by atoms with Gasteiger partial charge in [0.15, 0.2) is 0 Å². The van der Waals surface area contributed by atoms with Gasteiger partial charge in [-0.3, -0.25) is 4.79 Å². The maximum Gasteiger partial charge on any atom is 0.228 e. The Balaban J connectivity index is 1.64. The van der Waals surface area contributed by atoms with Crippen molar-refractivity contribution in [3.63, 3.8) is 0 Å². The van der Waals surface area contributed by atoms with Gasteiger partial charge < -0.3 is 14.4 Å². The SMILES string of the molecule is COc1cccc(C2=CCN(C(=O)C3CCCOC3)CC2)c1. The molecule has 0 aliphatic carbocycles. The number of ether oxygens (including phenoxy) is 2. The molecule has 0 N–H and O–H groups in total. The molecule has 4 nitrogen and oxygen atoms in total. The number of benzene rings is 1. The van der Waals surface area contributed by atoms with Crippen LogP contribution in [0.4, 0.5) is 0 Å². The quantitative estimate of drug-likeness (QED) is 0.861. The first-order valence-corrected chi connectivity index (χ1v) is 7.98. The lowest BCUT2D eigenvalue weighted by Gasteiger charge is -2.31. The Morgan fingerprint density at radius 2 is 2.32 bits per heavy atom. The van der Waals surface area contributed by atoms with Crippen LogP contribution in [0.5, 0.6) is 5.75 Å². The van der Waals surface area contributed by atoms with Crippen molar-refractivity contribution in [3.05, 3.63) is 35.9 Å². The third kappa shape index (κ3) is 3.33. The van der Waals surface area contributed by atoms with Crippen LogP contribution in [-0.2, 0) is 9.53 Å². The van der Waals surface area contributed by atoms with E-state index in [0.29, 0.717) is 13.2 Å². The molecule has 1 aromatic carbocycles. The molecule has 3 rings (SSSR count). The van der Waals surface area contributed by atoms with Crippen LogP contribution >= 0.6 is 0 Å². The highest BCUT2D eigenvalue weighted by molar-refractivity contribution is 5.80. The molecule has 0 saturated carbocycles. The van der Waals surface area contributed by atoms with Crippen LogP contribution in [0.25, 0.3) is 5.57 Å². The number of rotatable bonds is 3. The number of hydrogen-bond donors (Lipinski definition) is 0. The Labute approximate surface area is 131 Å². The van der Waals surface area contributed by atoms with Crippen molar-refractivity contribution < 1.29 is 14.3 Å². The highest BCUT2D eigenvalue weighted by atomic mass is 16.5. The van der Waals surface area contributed by atoms with Gasteiger partial charge in [-0.2, -0.15) is 0 Å². The molecule has 118 valence electrons. The Morgan fingerprint density at radius 3 is 3.00 bits per heavy atom. The van der Waals surface area contributed by atoms with Gasteiger partial charge in [0.05, 0.1) is 19.6 Å². The Hall–Kier alpha value is -1.81. The van der Waals surface area contributed by atoms with E-state index >= 15 is 0 Å². The first-order chi connectivity index (χ1) is 10.8. The summed E-state index contributed by atoms with van der Waals surface area (Å²) < 4.78 is 10.7. The van der Waals surface area contributed by atoms with E-state index in [9.17, 15) is 4.79 Å². The number of hydrogen-bond acceptors (Lipinski definition) is 3. The molecule has 4 heteroatoms. The van der Waals surface area contributed by atoms with E-state index < -0.39 is 0 Å². The molecule has 2 aliphatic rings.